The number of nitriles is 1. The summed E-state index contributed by atoms with van der Waals surface area (Å²) in [6.45, 7) is 0. The molecule has 1 radical (unpaired) electrons. The largest absolute Gasteiger partial charge is 0.261 e. The van der Waals surface area contributed by atoms with Crippen molar-refractivity contribution in [3.63, 3.8) is 0 Å². The predicted molar refractivity (Wildman–Crippen MR) is 24.5 cm³/mol. The fraction of sp³-hybridized carbons (Fsp3) is 0.250. The number of nitrogens with zero attached hydrogens (tertiary/aromatic N) is 3. The van der Waals surface area contributed by atoms with Gasteiger partial charge in [0.25, 0.3) is 0 Å². The van der Waals surface area contributed by atoms with Gasteiger partial charge in [-0.3, -0.25) is 5.10 Å². The van der Waals surface area contributed by atoms with Crippen LogP contribution >= 0.6 is 0 Å². The Kier molecular flexibility index (Phi) is 1.24. The van der Waals surface area contributed by atoms with E-state index in [4.69, 9.17) is 5.26 Å². The second kappa shape index (κ2) is 2.07. The molecule has 1 aromatic heterocycles. The molecule has 0 spiro atoms. The Bertz CT molecular complexity index is 182. The minimum Gasteiger partial charge on any atom is -0.261 e. The van der Waals surface area contributed by atoms with Gasteiger partial charge < -0.3 is 0 Å². The third kappa shape index (κ3) is 0.819. The van der Waals surface area contributed by atoms with Crippen LogP contribution in [-0.2, 0) is 6.42 Å². The molecule has 39 valence electrons. The highest BCUT2D eigenvalue weighted by molar-refractivity contribution is 4.96. The zero-order valence-corrected chi connectivity index (χ0v) is 4.05. The van der Waals surface area contributed by atoms with Crippen LogP contribution < -0.4 is 0 Å². The Morgan fingerprint density at radius 1 is 1.88 bits per heavy atom. The number of hydrogen-bond donors (Lipinski definition) is 1. The van der Waals surface area contributed by atoms with Crippen LogP contribution in [0, 0.1) is 17.5 Å². The van der Waals surface area contributed by atoms with E-state index >= 15 is 0 Å². The van der Waals surface area contributed by atoms with E-state index in [1.807, 2.05) is 6.07 Å². The Morgan fingerprint density at radius 2 is 2.75 bits per heavy atom. The first-order valence-corrected chi connectivity index (χ1v) is 2.08. The molecule has 0 atom stereocenters. The molecule has 0 saturated carbocycles. The lowest BCUT2D eigenvalue weighted by Gasteiger charge is -1.74. The van der Waals surface area contributed by atoms with E-state index in [9.17, 15) is 0 Å². The van der Waals surface area contributed by atoms with Crippen LogP contribution in [0.3, 0.4) is 0 Å². The van der Waals surface area contributed by atoms with E-state index < -0.39 is 0 Å². The molecular formula is C4H3N4. The Morgan fingerprint density at radius 3 is 3.25 bits per heavy atom. The smallest absolute Gasteiger partial charge is 0.139 e. The third-order valence-electron chi connectivity index (χ3n) is 0.676. The lowest BCUT2D eigenvalue weighted by molar-refractivity contribution is 0.919. The highest BCUT2D eigenvalue weighted by Crippen LogP contribution is 1.84. The first-order chi connectivity index (χ1) is 3.93. The maximum Gasteiger partial charge on any atom is 0.139 e. The van der Waals surface area contributed by atoms with Gasteiger partial charge in [0, 0.05) is 0 Å². The highest BCUT2D eigenvalue weighted by Gasteiger charge is 1.89. The lowest BCUT2D eigenvalue weighted by Crippen LogP contribution is -1.78. The SMILES string of the molecule is N#CCc1[c]nn[nH]1. The van der Waals surface area contributed by atoms with E-state index in [2.05, 4.69) is 21.6 Å². The van der Waals surface area contributed by atoms with Crippen LogP contribution in [0.2, 0.25) is 0 Å². The van der Waals surface area contributed by atoms with Crippen LogP contribution in [0.15, 0.2) is 0 Å². The molecule has 0 unspecified atom stereocenters. The maximum atomic E-state index is 8.09. The monoisotopic (exact) mass is 107 g/mol. The van der Waals surface area contributed by atoms with Crippen molar-refractivity contribution in [2.75, 3.05) is 0 Å². The molecule has 0 aliphatic heterocycles. The molecule has 0 aliphatic rings. The number of aromatic amines is 1. The molecule has 0 amide bonds. The zero-order valence-electron chi connectivity index (χ0n) is 4.05. The Balaban J connectivity index is 2.67. The highest BCUT2D eigenvalue weighted by atomic mass is 15.3. The van der Waals surface area contributed by atoms with Crippen LogP contribution in [0.25, 0.3) is 0 Å². The minimum absolute atomic E-state index is 0.299. The molecule has 4 heteroatoms. The van der Waals surface area contributed by atoms with E-state index in [0.717, 1.165) is 0 Å². The molecule has 1 rings (SSSR count). The van der Waals surface area contributed by atoms with Crippen LogP contribution in [0.5, 0.6) is 0 Å². The lowest BCUT2D eigenvalue weighted by atomic mass is 10.4. The number of rotatable bonds is 1. The summed E-state index contributed by atoms with van der Waals surface area (Å²) in [7, 11) is 0. The number of aromatic nitrogens is 3. The first-order valence-electron chi connectivity index (χ1n) is 2.08. The maximum absolute atomic E-state index is 8.09. The van der Waals surface area contributed by atoms with Crippen molar-refractivity contribution in [1.82, 2.24) is 15.4 Å². The zero-order chi connectivity index (χ0) is 5.82. The summed E-state index contributed by atoms with van der Waals surface area (Å²) in [5.74, 6) is 0. The molecule has 0 bridgehead atoms. The molecule has 0 aromatic carbocycles. The van der Waals surface area contributed by atoms with E-state index in [1.54, 1.807) is 0 Å². The van der Waals surface area contributed by atoms with Gasteiger partial charge in [-0.1, -0.05) is 5.21 Å². The summed E-state index contributed by atoms with van der Waals surface area (Å²) in [6, 6.07) is 1.93. The van der Waals surface area contributed by atoms with Gasteiger partial charge in [0.2, 0.25) is 0 Å². The topological polar surface area (TPSA) is 65.4 Å². The van der Waals surface area contributed by atoms with Gasteiger partial charge >= 0.3 is 0 Å². The Hall–Kier alpha value is -1.37. The normalized spacial score (nSPS) is 8.38. The average molecular weight is 107 g/mol. The van der Waals surface area contributed by atoms with Gasteiger partial charge in [-0.05, 0) is 0 Å². The Labute approximate surface area is 46.1 Å². The van der Waals surface area contributed by atoms with Gasteiger partial charge in [0.1, 0.15) is 6.20 Å². The standard InChI is InChI=1S/C4H3N4/c5-2-1-4-3-6-8-7-4/h1H2,(H,6,7,8). The van der Waals surface area contributed by atoms with E-state index in [-0.39, 0.29) is 0 Å². The molecule has 0 saturated heterocycles. The average Bonchev–Trinajstić information content (AvgIpc) is 2.19. The quantitative estimate of drug-likeness (QED) is 0.534. The number of hydrogen-bond acceptors (Lipinski definition) is 3. The van der Waals surface area contributed by atoms with Crippen LogP contribution in [-0.4, -0.2) is 15.4 Å². The number of H-pyrrole nitrogens is 1. The summed E-state index contributed by atoms with van der Waals surface area (Å²) in [5, 5.41) is 17.3. The summed E-state index contributed by atoms with van der Waals surface area (Å²) >= 11 is 0. The second-order valence-electron chi connectivity index (χ2n) is 1.24. The third-order valence-corrected chi connectivity index (χ3v) is 0.676. The fourth-order valence-corrected chi connectivity index (χ4v) is 0.354. The molecule has 1 heterocycles. The summed E-state index contributed by atoms with van der Waals surface area (Å²) in [5.41, 5.74) is 0.632. The second-order valence-corrected chi connectivity index (χ2v) is 1.24. The van der Waals surface area contributed by atoms with Crippen molar-refractivity contribution in [3.8, 4) is 6.07 Å². The molecule has 1 N–H and O–H groups in total. The molecular weight excluding hydrogens is 104 g/mol. The van der Waals surface area contributed by atoms with Crippen LogP contribution in [0.4, 0.5) is 0 Å². The van der Waals surface area contributed by atoms with Crippen molar-refractivity contribution < 1.29 is 0 Å². The van der Waals surface area contributed by atoms with Crippen molar-refractivity contribution in [2.45, 2.75) is 6.42 Å². The van der Waals surface area contributed by atoms with Crippen molar-refractivity contribution in [1.29, 1.82) is 5.26 Å². The van der Waals surface area contributed by atoms with Crippen molar-refractivity contribution >= 4 is 0 Å². The predicted octanol–water partition coefficient (Wildman–Crippen LogP) is -0.329. The molecule has 0 fully saturated rings. The summed E-state index contributed by atoms with van der Waals surface area (Å²) in [4.78, 5) is 0. The van der Waals surface area contributed by atoms with Gasteiger partial charge in [-0.25, -0.2) is 0 Å². The molecule has 4 nitrogen and oxygen atoms in total. The van der Waals surface area contributed by atoms with Gasteiger partial charge in [-0.2, -0.15) is 5.26 Å². The van der Waals surface area contributed by atoms with E-state index in [0.29, 0.717) is 12.1 Å². The van der Waals surface area contributed by atoms with E-state index in [1.165, 1.54) is 0 Å². The van der Waals surface area contributed by atoms with Crippen LogP contribution in [0.1, 0.15) is 5.69 Å². The molecule has 0 aliphatic carbocycles. The first kappa shape index (κ1) is 4.78. The van der Waals surface area contributed by atoms with Gasteiger partial charge in [0.05, 0.1) is 18.2 Å². The van der Waals surface area contributed by atoms with Crippen molar-refractivity contribution in [3.05, 3.63) is 11.9 Å². The van der Waals surface area contributed by atoms with Gasteiger partial charge in [-0.15, -0.1) is 5.10 Å². The minimum atomic E-state index is 0.299. The molecule has 8 heavy (non-hydrogen) atoms. The number of nitrogens with one attached hydrogen (secondary N) is 1. The van der Waals surface area contributed by atoms with Crippen molar-refractivity contribution in [2.24, 2.45) is 0 Å². The summed E-state index contributed by atoms with van der Waals surface area (Å²) < 4.78 is 0. The fourth-order valence-electron chi connectivity index (χ4n) is 0.354. The summed E-state index contributed by atoms with van der Waals surface area (Å²) in [6.07, 6.45) is 2.80. The van der Waals surface area contributed by atoms with Gasteiger partial charge in [0.15, 0.2) is 0 Å². The molecule has 1 aromatic rings.